The molecule has 0 unspecified atom stereocenters. The second-order valence-corrected chi connectivity index (χ2v) is 1.10. The number of H-pyrrole nitrogens is 1. The molecule has 0 amide bonds. The molecule has 0 saturated heterocycles. The minimum absolute atomic E-state index is 0. The molecule has 1 aromatic heterocycles. The number of hydrogen-bond acceptors (Lipinski definition) is 20. The fourth-order valence-electron chi connectivity index (χ4n) is 0.167. The third kappa shape index (κ3) is 4790. The third-order valence-corrected chi connectivity index (χ3v) is 0.331. The van der Waals surface area contributed by atoms with Gasteiger partial charge in [0, 0.05) is 16.8 Å². The van der Waals surface area contributed by atoms with E-state index in [1.807, 2.05) is 0 Å². The van der Waals surface area contributed by atoms with Gasteiger partial charge in [0.15, 0.2) is 0 Å². The van der Waals surface area contributed by atoms with E-state index in [1.165, 1.54) is 0 Å². The van der Waals surface area contributed by atoms with Gasteiger partial charge in [-0.2, -0.15) is 15.4 Å². The van der Waals surface area contributed by atoms with Gasteiger partial charge in [0.1, 0.15) is 0 Å². The summed E-state index contributed by atoms with van der Waals surface area (Å²) in [5.41, 5.74) is 0. The van der Waals surface area contributed by atoms with Gasteiger partial charge in [0.05, 0.1) is 12.4 Å². The molecule has 0 atom stereocenters. The van der Waals surface area contributed by atoms with Crippen LogP contribution in [0.4, 0.5) is 0 Å². The first-order valence-electron chi connectivity index (χ1n) is 3.49. The number of aromatic nitrogens is 3. The first-order chi connectivity index (χ1) is 11.0. The summed E-state index contributed by atoms with van der Waals surface area (Å²) in [5.74, 6) is 0. The summed E-state index contributed by atoms with van der Waals surface area (Å²) in [7, 11) is 0. The average Bonchev–Trinajstić information content (AvgIpc) is 3.02. The maximum Gasteiger partial charge on any atom is 0.0690 e. The smallest absolute Gasteiger partial charge is 0.0690 e. The summed E-state index contributed by atoms with van der Waals surface area (Å²) in [5, 5.41) is 63.3. The van der Waals surface area contributed by atoms with Gasteiger partial charge in [0.25, 0.3) is 0 Å². The minimum Gasteiger partial charge on any atom is -0.444 e. The summed E-state index contributed by atoms with van der Waals surface area (Å²) in [6, 6.07) is 0. The van der Waals surface area contributed by atoms with Crippen LogP contribution in [0, 0.1) is 60.7 Å². The van der Waals surface area contributed by atoms with Crippen LogP contribution in [0.15, 0.2) is 44.4 Å². The molecular formula is C2H3CoN9O12-6. The Balaban J connectivity index is -0.0000000284. The van der Waals surface area contributed by atoms with Crippen LogP contribution in [-0.2, 0) is 16.8 Å². The van der Waals surface area contributed by atoms with Crippen molar-refractivity contribution in [3.8, 4) is 0 Å². The van der Waals surface area contributed by atoms with Crippen molar-refractivity contribution < 1.29 is 16.8 Å². The summed E-state index contributed by atoms with van der Waals surface area (Å²) in [6.45, 7) is 0. The van der Waals surface area contributed by atoms with E-state index < -0.39 is 0 Å². The van der Waals surface area contributed by atoms with Gasteiger partial charge in [-0.05, 0) is 0 Å². The van der Waals surface area contributed by atoms with Crippen LogP contribution in [0.2, 0.25) is 0 Å². The number of nitrogens with one attached hydrogen (secondary N) is 1. The minimum atomic E-state index is 0. The molecule has 24 heavy (non-hydrogen) atoms. The fraction of sp³-hybridized carbons (Fsp3) is 0. The van der Waals surface area contributed by atoms with E-state index in [1.54, 1.807) is 12.4 Å². The van der Waals surface area contributed by atoms with Crippen LogP contribution in [0.5, 0.6) is 0 Å². The fourth-order valence-corrected chi connectivity index (χ4v) is 0.167. The quantitative estimate of drug-likeness (QED) is 0.470. The van der Waals surface area contributed by atoms with Crippen molar-refractivity contribution in [2.45, 2.75) is 0 Å². The van der Waals surface area contributed by atoms with Crippen molar-refractivity contribution in [2.75, 3.05) is 0 Å². The van der Waals surface area contributed by atoms with E-state index in [0.717, 1.165) is 32.0 Å². The Bertz CT molecular complexity index is 246. The summed E-state index contributed by atoms with van der Waals surface area (Å²) >= 11 is 0. The molecule has 0 spiro atoms. The maximum absolute atomic E-state index is 8.00. The molecule has 22 heteroatoms. The van der Waals surface area contributed by atoms with Crippen LogP contribution in [-0.4, -0.2) is 15.4 Å². The Labute approximate surface area is 138 Å². The standard InChI is InChI=1S/C2H3N3.Co.6HNO2/c1-2-4-5-3-1;;6*2-1-3/h1-2H,(H,3,4,5);;6*(H,2,3)/p-6. The van der Waals surface area contributed by atoms with Gasteiger partial charge < -0.3 is 60.7 Å². The van der Waals surface area contributed by atoms with Gasteiger partial charge in [-0.3, -0.25) is 0 Å². The molecule has 1 aromatic rings. The Morgan fingerprint density at radius 1 is 0.542 bits per heavy atom. The third-order valence-electron chi connectivity index (χ3n) is 0.331. The zero-order valence-corrected chi connectivity index (χ0v) is 11.5. The molecule has 0 aromatic carbocycles. The van der Waals surface area contributed by atoms with E-state index in [2.05, 4.69) is 15.4 Å². The van der Waals surface area contributed by atoms with Crippen LogP contribution < -0.4 is 0 Å². The van der Waals surface area contributed by atoms with E-state index in [0.29, 0.717) is 0 Å². The molecule has 0 fully saturated rings. The normalized spacial score (nSPS) is 4.67. The van der Waals surface area contributed by atoms with Crippen molar-refractivity contribution in [1.82, 2.24) is 15.4 Å². The second-order valence-electron chi connectivity index (χ2n) is 1.10. The summed E-state index contributed by atoms with van der Waals surface area (Å²) in [4.78, 5) is 48.0. The van der Waals surface area contributed by atoms with Crippen molar-refractivity contribution in [3.63, 3.8) is 0 Å². The number of aromatic amines is 1. The molecule has 1 N–H and O–H groups in total. The van der Waals surface area contributed by atoms with Crippen molar-refractivity contribution in [3.05, 3.63) is 73.1 Å². The molecule has 21 nitrogen and oxygen atoms in total. The van der Waals surface area contributed by atoms with E-state index in [9.17, 15) is 0 Å². The van der Waals surface area contributed by atoms with Gasteiger partial charge in [0.2, 0.25) is 0 Å². The average molecular weight is 404 g/mol. The Morgan fingerprint density at radius 3 is 0.708 bits per heavy atom. The Kier molecular flexibility index (Phi) is 222. The molecular weight excluding hydrogens is 401 g/mol. The molecule has 0 bridgehead atoms. The Hall–Kier alpha value is -3.95. The molecule has 0 aliphatic rings. The van der Waals surface area contributed by atoms with Crippen LogP contribution >= 0.6 is 0 Å². The van der Waals surface area contributed by atoms with Crippen LogP contribution in [0.3, 0.4) is 0 Å². The van der Waals surface area contributed by atoms with Gasteiger partial charge in [-0.25, -0.2) is 0 Å². The predicted molar refractivity (Wildman–Crippen MR) is 71.4 cm³/mol. The zero-order valence-electron chi connectivity index (χ0n) is 10.5. The van der Waals surface area contributed by atoms with E-state index >= 15 is 0 Å². The predicted octanol–water partition coefficient (Wildman–Crippen LogP) is 1.31. The van der Waals surface area contributed by atoms with Gasteiger partial charge >= 0.3 is 0 Å². The molecule has 1 heterocycles. The maximum atomic E-state index is 8.00. The monoisotopic (exact) mass is 404 g/mol. The van der Waals surface area contributed by atoms with Crippen molar-refractivity contribution in [1.29, 1.82) is 0 Å². The van der Waals surface area contributed by atoms with Gasteiger partial charge in [-0.1, -0.05) is 0 Å². The molecule has 1 rings (SSSR count). The second kappa shape index (κ2) is 125. The van der Waals surface area contributed by atoms with Crippen LogP contribution in [0.1, 0.15) is 0 Å². The number of rotatable bonds is 0. The molecule has 143 valence electrons. The first kappa shape index (κ1) is 42.7. The van der Waals surface area contributed by atoms with E-state index in [4.69, 9.17) is 60.7 Å². The Morgan fingerprint density at radius 2 is 0.667 bits per heavy atom. The molecule has 1 radical (unpaired) electrons. The topological polar surface area (TPSA) is 357 Å². The SMILES string of the molecule is O=N[O-].O=N[O-].O=N[O-].O=N[O-].O=N[O-].O=N[O-].[Co].c1cn[nH]n1. The number of nitrogens with zero attached hydrogens (tertiary/aromatic N) is 8. The first-order valence-corrected chi connectivity index (χ1v) is 3.49. The van der Waals surface area contributed by atoms with Crippen LogP contribution in [0.25, 0.3) is 0 Å². The molecule has 0 aliphatic heterocycles. The molecule has 0 aliphatic carbocycles. The van der Waals surface area contributed by atoms with Gasteiger partial charge in [-0.15, -0.1) is 32.0 Å². The summed E-state index contributed by atoms with van der Waals surface area (Å²) in [6.07, 6.45) is 3.17. The zero-order chi connectivity index (χ0) is 19.8. The van der Waals surface area contributed by atoms with Crippen molar-refractivity contribution >= 4 is 0 Å². The summed E-state index contributed by atoms with van der Waals surface area (Å²) < 4.78 is 0. The number of hydrogen-bond donors (Lipinski definition) is 1. The molecule has 0 saturated carbocycles. The largest absolute Gasteiger partial charge is 0.444 e. The van der Waals surface area contributed by atoms with E-state index in [-0.39, 0.29) is 16.8 Å². The van der Waals surface area contributed by atoms with Crippen molar-refractivity contribution in [2.24, 2.45) is 32.0 Å².